The van der Waals surface area contributed by atoms with E-state index in [0.717, 1.165) is 16.6 Å². The molecule has 25 heavy (non-hydrogen) atoms. The van der Waals surface area contributed by atoms with Crippen molar-refractivity contribution in [3.63, 3.8) is 0 Å². The summed E-state index contributed by atoms with van der Waals surface area (Å²) in [6, 6.07) is 7.86. The van der Waals surface area contributed by atoms with Crippen LogP contribution in [0.4, 0.5) is 0 Å². The number of carbonyl (C=O) groups excluding carboxylic acids is 1. The van der Waals surface area contributed by atoms with Gasteiger partial charge in [-0.15, -0.1) is 0 Å². The fourth-order valence-corrected chi connectivity index (χ4v) is 2.82. The van der Waals surface area contributed by atoms with E-state index < -0.39 is 10.4 Å². The lowest BCUT2D eigenvalue weighted by Gasteiger charge is -2.39. The number of likely N-dealkylation sites (N-methyl/N-ethyl adjacent to an activating group) is 1. The summed E-state index contributed by atoms with van der Waals surface area (Å²) in [7, 11) is -2.74. The van der Waals surface area contributed by atoms with Gasteiger partial charge in [-0.25, -0.2) is 0 Å². The molecular formula is C16H25BrN2O5S. The molecule has 0 aliphatic carbocycles. The minimum Gasteiger partial charge on any atom is -0.337 e. The van der Waals surface area contributed by atoms with Crippen molar-refractivity contribution < 1.29 is 22.3 Å². The van der Waals surface area contributed by atoms with Crippen LogP contribution in [-0.4, -0.2) is 66.0 Å². The van der Waals surface area contributed by atoms with Gasteiger partial charge in [-0.1, -0.05) is 29.8 Å². The summed E-state index contributed by atoms with van der Waals surface area (Å²) in [5.74, 6) is 0.566. The van der Waals surface area contributed by atoms with Gasteiger partial charge in [-0.05, 0) is 49.7 Å². The van der Waals surface area contributed by atoms with Crippen LogP contribution in [0.5, 0.6) is 0 Å². The molecule has 1 fully saturated rings. The maximum atomic E-state index is 12.6. The fraction of sp³-hybridized carbons (Fsp3) is 0.562. The van der Waals surface area contributed by atoms with Crippen molar-refractivity contribution in [3.05, 3.63) is 34.3 Å². The third-order valence-electron chi connectivity index (χ3n) is 4.07. The Morgan fingerprint density at radius 1 is 1.24 bits per heavy atom. The first-order valence-corrected chi connectivity index (χ1v) is 10.1. The summed E-state index contributed by atoms with van der Waals surface area (Å²) < 4.78 is 32.6. The van der Waals surface area contributed by atoms with Gasteiger partial charge in [0, 0.05) is 29.7 Å². The molecular weight excluding hydrogens is 412 g/mol. The summed E-state index contributed by atoms with van der Waals surface area (Å²) in [5, 5.41) is 0. The minimum atomic E-state index is -4.67. The van der Waals surface area contributed by atoms with Crippen molar-refractivity contribution in [1.29, 1.82) is 0 Å². The molecule has 7 nitrogen and oxygen atoms in total. The van der Waals surface area contributed by atoms with Crippen LogP contribution in [0.25, 0.3) is 0 Å². The van der Waals surface area contributed by atoms with E-state index in [9.17, 15) is 4.79 Å². The Labute approximate surface area is 157 Å². The average molecular weight is 437 g/mol. The largest absolute Gasteiger partial charge is 0.394 e. The van der Waals surface area contributed by atoms with E-state index in [4.69, 9.17) is 17.5 Å². The van der Waals surface area contributed by atoms with Gasteiger partial charge in [0.25, 0.3) is 5.91 Å². The van der Waals surface area contributed by atoms with E-state index >= 15 is 0 Å². The van der Waals surface area contributed by atoms with E-state index in [0.29, 0.717) is 5.92 Å². The van der Waals surface area contributed by atoms with Crippen LogP contribution in [-0.2, 0) is 10.4 Å². The highest BCUT2D eigenvalue weighted by molar-refractivity contribution is 9.10. The molecule has 9 heteroatoms. The van der Waals surface area contributed by atoms with Gasteiger partial charge in [0.1, 0.15) is 0 Å². The zero-order chi connectivity index (χ0) is 19.2. The Balaban J connectivity index is 0.000000550. The highest BCUT2D eigenvalue weighted by Gasteiger charge is 2.27. The first kappa shape index (κ1) is 22.0. The van der Waals surface area contributed by atoms with Crippen LogP contribution in [0.15, 0.2) is 28.7 Å². The van der Waals surface area contributed by atoms with Crippen LogP contribution >= 0.6 is 15.9 Å². The molecule has 0 radical (unpaired) electrons. The number of likely N-dealkylation sites (tertiary alicyclic amines) is 1. The lowest BCUT2D eigenvalue weighted by Crippen LogP contribution is -2.51. The number of nitrogens with zero attached hydrogens (tertiary/aromatic N) is 2. The Kier molecular flexibility index (Phi) is 8.49. The monoisotopic (exact) mass is 436 g/mol. The van der Waals surface area contributed by atoms with E-state index in [-0.39, 0.29) is 11.9 Å². The maximum Gasteiger partial charge on any atom is 0.394 e. The lowest BCUT2D eigenvalue weighted by atomic mass is 10.00. The first-order valence-electron chi connectivity index (χ1n) is 7.94. The van der Waals surface area contributed by atoms with Gasteiger partial charge in [0.15, 0.2) is 0 Å². The second kappa shape index (κ2) is 9.63. The summed E-state index contributed by atoms with van der Waals surface area (Å²) in [5.41, 5.74) is 0.755. The molecule has 0 spiro atoms. The highest BCUT2D eigenvalue weighted by atomic mass is 79.9. The molecule has 2 N–H and O–H groups in total. The predicted octanol–water partition coefficient (Wildman–Crippen LogP) is 2.60. The Morgan fingerprint density at radius 2 is 1.72 bits per heavy atom. The summed E-state index contributed by atoms with van der Waals surface area (Å²) >= 11 is 3.40. The molecule has 0 saturated carbocycles. The van der Waals surface area contributed by atoms with Crippen molar-refractivity contribution in [2.24, 2.45) is 5.92 Å². The normalized spacial score (nSPS) is 15.8. The van der Waals surface area contributed by atoms with Gasteiger partial charge in [-0.3, -0.25) is 13.9 Å². The number of halogens is 1. The molecule has 1 saturated heterocycles. The highest BCUT2D eigenvalue weighted by Crippen LogP contribution is 2.18. The zero-order valence-electron chi connectivity index (χ0n) is 14.6. The molecule has 1 heterocycles. The number of amides is 1. The Hall–Kier alpha value is -1.00. The molecule has 0 bridgehead atoms. The van der Waals surface area contributed by atoms with Crippen molar-refractivity contribution in [2.45, 2.75) is 26.3 Å². The van der Waals surface area contributed by atoms with Crippen LogP contribution in [0.3, 0.4) is 0 Å². The van der Waals surface area contributed by atoms with E-state index in [1.807, 2.05) is 36.2 Å². The van der Waals surface area contributed by atoms with Crippen LogP contribution in [0.1, 0.15) is 30.6 Å². The van der Waals surface area contributed by atoms with E-state index in [1.54, 1.807) is 0 Å². The van der Waals surface area contributed by atoms with Crippen molar-refractivity contribution >= 4 is 32.2 Å². The van der Waals surface area contributed by atoms with Gasteiger partial charge in [-0.2, -0.15) is 8.42 Å². The topological polar surface area (TPSA) is 98.2 Å². The van der Waals surface area contributed by atoms with Crippen molar-refractivity contribution in [1.82, 2.24) is 9.80 Å². The molecule has 1 atom stereocenters. The van der Waals surface area contributed by atoms with E-state index in [1.165, 1.54) is 19.5 Å². The van der Waals surface area contributed by atoms with Gasteiger partial charge in [0.05, 0.1) is 0 Å². The fourth-order valence-electron chi connectivity index (χ4n) is 2.56. The van der Waals surface area contributed by atoms with Crippen LogP contribution in [0.2, 0.25) is 0 Å². The Morgan fingerprint density at radius 3 is 2.08 bits per heavy atom. The van der Waals surface area contributed by atoms with Crippen LogP contribution in [0, 0.1) is 5.92 Å². The van der Waals surface area contributed by atoms with Crippen molar-refractivity contribution in [3.8, 4) is 0 Å². The Bertz CT molecular complexity index is 652. The number of hydrogen-bond donors (Lipinski definition) is 2. The molecule has 1 amide bonds. The molecule has 1 aliphatic rings. The molecule has 1 aromatic rings. The van der Waals surface area contributed by atoms with Crippen LogP contribution < -0.4 is 0 Å². The quantitative estimate of drug-likeness (QED) is 0.688. The smallest absolute Gasteiger partial charge is 0.337 e. The third-order valence-corrected chi connectivity index (χ3v) is 4.60. The second-order valence-electron chi connectivity index (χ2n) is 6.34. The number of carbonyl (C=O) groups is 1. The SMILES string of the molecule is CC(C)[C@H](CN1CCC1)N(C)C(=O)c1ccc(Br)cc1.O=S(=O)(O)O. The van der Waals surface area contributed by atoms with Gasteiger partial charge in [0.2, 0.25) is 0 Å². The summed E-state index contributed by atoms with van der Waals surface area (Å²) in [4.78, 5) is 16.9. The second-order valence-corrected chi connectivity index (χ2v) is 8.15. The first-order chi connectivity index (χ1) is 11.5. The molecule has 0 aromatic heterocycles. The molecule has 1 aromatic carbocycles. The van der Waals surface area contributed by atoms with Gasteiger partial charge < -0.3 is 9.80 Å². The van der Waals surface area contributed by atoms with E-state index in [2.05, 4.69) is 34.7 Å². The standard InChI is InChI=1S/C16H23BrN2O.H2O4S/c1-12(2)15(11-19-9-4-10-19)18(3)16(20)13-5-7-14(17)8-6-13;1-5(2,3)4/h5-8,12,15H,4,9-11H2,1-3H3;(H2,1,2,3,4)/t15-;/m0./s1. The maximum absolute atomic E-state index is 12.6. The molecule has 142 valence electrons. The number of rotatable bonds is 5. The minimum absolute atomic E-state index is 0.108. The zero-order valence-corrected chi connectivity index (χ0v) is 17.0. The summed E-state index contributed by atoms with van der Waals surface area (Å²) in [6.45, 7) is 7.70. The number of hydrogen-bond acceptors (Lipinski definition) is 4. The molecule has 2 rings (SSSR count). The average Bonchev–Trinajstić information content (AvgIpc) is 2.43. The molecule has 0 unspecified atom stereocenters. The lowest BCUT2D eigenvalue weighted by molar-refractivity contribution is 0.0564. The van der Waals surface area contributed by atoms with Crippen molar-refractivity contribution in [2.75, 3.05) is 26.7 Å². The molecule has 1 aliphatic heterocycles. The predicted molar refractivity (Wildman–Crippen MR) is 100 cm³/mol. The van der Waals surface area contributed by atoms with Gasteiger partial charge >= 0.3 is 10.4 Å². The number of benzene rings is 1. The summed E-state index contributed by atoms with van der Waals surface area (Å²) in [6.07, 6.45) is 1.29. The third kappa shape index (κ3) is 8.28.